The molecule has 0 aromatic carbocycles. The fraction of sp³-hybridized carbons (Fsp3) is 0.727. The molecule has 1 fully saturated rings. The first-order chi connectivity index (χ1) is 6.74. The second-order valence-corrected chi connectivity index (χ2v) is 4.29. The number of aromatic nitrogens is 1. The van der Waals surface area contributed by atoms with Crippen molar-refractivity contribution >= 4 is 5.82 Å². The zero-order chi connectivity index (χ0) is 10.1. The van der Waals surface area contributed by atoms with Crippen molar-refractivity contribution in [2.24, 2.45) is 5.92 Å². The number of anilines is 1. The SMILES string of the molecule is CCCc1c(N)noc1C(C)C1CC1. The second-order valence-electron chi connectivity index (χ2n) is 4.29. The highest BCUT2D eigenvalue weighted by atomic mass is 16.5. The van der Waals surface area contributed by atoms with E-state index in [0.29, 0.717) is 11.7 Å². The predicted molar refractivity (Wildman–Crippen MR) is 56.0 cm³/mol. The molecule has 1 aromatic rings. The van der Waals surface area contributed by atoms with Crippen LogP contribution in [0.1, 0.15) is 50.4 Å². The van der Waals surface area contributed by atoms with Gasteiger partial charge in [0.15, 0.2) is 5.82 Å². The van der Waals surface area contributed by atoms with E-state index in [4.69, 9.17) is 10.3 Å². The summed E-state index contributed by atoms with van der Waals surface area (Å²) < 4.78 is 5.34. The van der Waals surface area contributed by atoms with Gasteiger partial charge in [0.2, 0.25) is 0 Å². The Morgan fingerprint density at radius 2 is 2.29 bits per heavy atom. The molecule has 0 spiro atoms. The third-order valence-corrected chi connectivity index (χ3v) is 3.09. The molecule has 3 nitrogen and oxygen atoms in total. The van der Waals surface area contributed by atoms with E-state index in [0.717, 1.165) is 30.1 Å². The first kappa shape index (κ1) is 9.56. The number of nitrogen functional groups attached to an aromatic ring is 1. The highest BCUT2D eigenvalue weighted by molar-refractivity contribution is 5.42. The molecule has 1 unspecified atom stereocenters. The summed E-state index contributed by atoms with van der Waals surface area (Å²) in [5.41, 5.74) is 6.93. The first-order valence-corrected chi connectivity index (χ1v) is 5.48. The fourth-order valence-electron chi connectivity index (χ4n) is 2.00. The minimum atomic E-state index is 0.501. The number of rotatable bonds is 4. The van der Waals surface area contributed by atoms with E-state index < -0.39 is 0 Å². The van der Waals surface area contributed by atoms with Crippen molar-refractivity contribution in [3.63, 3.8) is 0 Å². The van der Waals surface area contributed by atoms with Gasteiger partial charge >= 0.3 is 0 Å². The quantitative estimate of drug-likeness (QED) is 0.801. The summed E-state index contributed by atoms with van der Waals surface area (Å²) in [4.78, 5) is 0. The summed E-state index contributed by atoms with van der Waals surface area (Å²) in [6.45, 7) is 4.37. The Morgan fingerprint density at radius 1 is 1.57 bits per heavy atom. The predicted octanol–water partition coefficient (Wildman–Crippen LogP) is 2.72. The van der Waals surface area contributed by atoms with E-state index in [-0.39, 0.29) is 0 Å². The van der Waals surface area contributed by atoms with Gasteiger partial charge in [-0.1, -0.05) is 25.4 Å². The summed E-state index contributed by atoms with van der Waals surface area (Å²) >= 11 is 0. The average molecular weight is 194 g/mol. The maximum atomic E-state index is 5.78. The molecule has 1 atom stereocenters. The van der Waals surface area contributed by atoms with Gasteiger partial charge in [-0.3, -0.25) is 0 Å². The molecule has 14 heavy (non-hydrogen) atoms. The summed E-state index contributed by atoms with van der Waals surface area (Å²) in [7, 11) is 0. The molecular weight excluding hydrogens is 176 g/mol. The summed E-state index contributed by atoms with van der Waals surface area (Å²) in [5.74, 6) is 2.93. The fourth-order valence-corrected chi connectivity index (χ4v) is 2.00. The monoisotopic (exact) mass is 194 g/mol. The third-order valence-electron chi connectivity index (χ3n) is 3.09. The van der Waals surface area contributed by atoms with E-state index in [1.807, 2.05) is 0 Å². The van der Waals surface area contributed by atoms with Gasteiger partial charge in [-0.2, -0.15) is 0 Å². The normalized spacial score (nSPS) is 18.4. The Morgan fingerprint density at radius 3 is 2.86 bits per heavy atom. The highest BCUT2D eigenvalue weighted by Gasteiger charge is 2.33. The van der Waals surface area contributed by atoms with Crippen molar-refractivity contribution in [1.82, 2.24) is 5.16 Å². The lowest BCUT2D eigenvalue weighted by molar-refractivity contribution is 0.355. The van der Waals surface area contributed by atoms with E-state index in [9.17, 15) is 0 Å². The minimum Gasteiger partial charge on any atom is -0.381 e. The molecule has 0 saturated heterocycles. The van der Waals surface area contributed by atoms with Gasteiger partial charge in [-0.05, 0) is 25.2 Å². The van der Waals surface area contributed by atoms with Crippen LogP contribution in [-0.2, 0) is 6.42 Å². The number of nitrogens with two attached hydrogens (primary N) is 1. The van der Waals surface area contributed by atoms with Gasteiger partial charge in [0.25, 0.3) is 0 Å². The molecular formula is C11H18N2O. The van der Waals surface area contributed by atoms with Gasteiger partial charge in [-0.15, -0.1) is 0 Å². The van der Waals surface area contributed by atoms with Crippen LogP contribution in [0.4, 0.5) is 5.82 Å². The van der Waals surface area contributed by atoms with Gasteiger partial charge in [0, 0.05) is 11.5 Å². The van der Waals surface area contributed by atoms with Crippen LogP contribution >= 0.6 is 0 Å². The summed E-state index contributed by atoms with van der Waals surface area (Å²) in [6.07, 6.45) is 4.73. The number of hydrogen-bond donors (Lipinski definition) is 1. The van der Waals surface area contributed by atoms with Crippen molar-refractivity contribution in [3.8, 4) is 0 Å². The molecule has 1 aliphatic rings. The maximum absolute atomic E-state index is 5.78. The van der Waals surface area contributed by atoms with Crippen LogP contribution in [0.2, 0.25) is 0 Å². The zero-order valence-electron chi connectivity index (χ0n) is 8.92. The second kappa shape index (κ2) is 3.64. The molecule has 2 rings (SSSR count). The molecule has 0 aliphatic heterocycles. The molecule has 1 aliphatic carbocycles. The van der Waals surface area contributed by atoms with Crippen LogP contribution in [-0.4, -0.2) is 5.16 Å². The van der Waals surface area contributed by atoms with Crippen molar-refractivity contribution in [2.75, 3.05) is 5.73 Å². The molecule has 2 N–H and O–H groups in total. The largest absolute Gasteiger partial charge is 0.381 e. The number of nitrogens with zero attached hydrogens (tertiary/aromatic N) is 1. The Labute approximate surface area is 84.7 Å². The minimum absolute atomic E-state index is 0.501. The van der Waals surface area contributed by atoms with Gasteiger partial charge in [0.05, 0.1) is 0 Å². The van der Waals surface area contributed by atoms with E-state index >= 15 is 0 Å². The Balaban J connectivity index is 2.22. The van der Waals surface area contributed by atoms with E-state index in [1.54, 1.807) is 0 Å². The van der Waals surface area contributed by atoms with Gasteiger partial charge in [0.1, 0.15) is 5.76 Å². The maximum Gasteiger partial charge on any atom is 0.170 e. The average Bonchev–Trinajstić information content (AvgIpc) is 2.94. The van der Waals surface area contributed by atoms with Crippen LogP contribution in [0, 0.1) is 5.92 Å². The Kier molecular flexibility index (Phi) is 2.48. The van der Waals surface area contributed by atoms with Crippen LogP contribution in [0.25, 0.3) is 0 Å². The lowest BCUT2D eigenvalue weighted by Gasteiger charge is -2.07. The molecule has 78 valence electrons. The van der Waals surface area contributed by atoms with Gasteiger partial charge < -0.3 is 10.3 Å². The molecule has 0 amide bonds. The molecule has 1 saturated carbocycles. The zero-order valence-corrected chi connectivity index (χ0v) is 8.92. The molecule has 0 radical (unpaired) electrons. The molecule has 3 heteroatoms. The summed E-state index contributed by atoms with van der Waals surface area (Å²) in [5, 5.41) is 3.87. The van der Waals surface area contributed by atoms with Crippen LogP contribution < -0.4 is 5.73 Å². The van der Waals surface area contributed by atoms with Crippen LogP contribution in [0.3, 0.4) is 0 Å². The highest BCUT2D eigenvalue weighted by Crippen LogP contribution is 2.44. The third kappa shape index (κ3) is 1.63. The molecule has 1 heterocycles. The van der Waals surface area contributed by atoms with Crippen molar-refractivity contribution in [3.05, 3.63) is 11.3 Å². The smallest absolute Gasteiger partial charge is 0.170 e. The van der Waals surface area contributed by atoms with Crippen molar-refractivity contribution in [1.29, 1.82) is 0 Å². The topological polar surface area (TPSA) is 52.0 Å². The first-order valence-electron chi connectivity index (χ1n) is 5.48. The lowest BCUT2D eigenvalue weighted by atomic mass is 9.97. The van der Waals surface area contributed by atoms with E-state index in [2.05, 4.69) is 19.0 Å². The van der Waals surface area contributed by atoms with Gasteiger partial charge in [-0.25, -0.2) is 0 Å². The molecule has 1 aromatic heterocycles. The lowest BCUT2D eigenvalue weighted by Crippen LogP contribution is -2.00. The van der Waals surface area contributed by atoms with E-state index in [1.165, 1.54) is 12.8 Å². The Bertz CT molecular complexity index is 315. The Hall–Kier alpha value is -0.990. The summed E-state index contributed by atoms with van der Waals surface area (Å²) in [6, 6.07) is 0. The van der Waals surface area contributed by atoms with Crippen LogP contribution in [0.15, 0.2) is 4.52 Å². The van der Waals surface area contributed by atoms with Crippen molar-refractivity contribution < 1.29 is 4.52 Å². The standard InChI is InChI=1S/C11H18N2O/c1-3-4-9-10(14-13-11(9)12)7(2)8-5-6-8/h7-8H,3-6H2,1-2H3,(H2,12,13). The van der Waals surface area contributed by atoms with Crippen molar-refractivity contribution in [2.45, 2.75) is 45.4 Å². The molecule has 0 bridgehead atoms. The number of hydrogen-bond acceptors (Lipinski definition) is 3. The van der Waals surface area contributed by atoms with Crippen LogP contribution in [0.5, 0.6) is 0 Å².